The van der Waals surface area contributed by atoms with Crippen LogP contribution < -0.4 is 0 Å². The summed E-state index contributed by atoms with van der Waals surface area (Å²) in [4.78, 5) is 23.0. The first-order chi connectivity index (χ1) is 11.8. The molecule has 1 atom stereocenters. The maximum Gasteiger partial charge on any atom is 0.232 e. The van der Waals surface area contributed by atoms with Crippen LogP contribution in [0.1, 0.15) is 56.8 Å². The molecule has 126 valence electrons. The second kappa shape index (κ2) is 6.71. The van der Waals surface area contributed by atoms with Crippen LogP contribution in [-0.2, 0) is 4.79 Å². The molecule has 1 aliphatic carbocycles. The third kappa shape index (κ3) is 3.05. The summed E-state index contributed by atoms with van der Waals surface area (Å²) in [6.45, 7) is 0.710. The summed E-state index contributed by atoms with van der Waals surface area (Å²) in [6, 6.07) is 4.10. The Morgan fingerprint density at radius 3 is 2.58 bits per heavy atom. The van der Waals surface area contributed by atoms with Gasteiger partial charge < -0.3 is 9.42 Å². The number of carbonyl (C=O) groups excluding carboxylic acids is 1. The molecule has 3 heterocycles. The van der Waals surface area contributed by atoms with Gasteiger partial charge >= 0.3 is 0 Å². The maximum atomic E-state index is 12.5. The van der Waals surface area contributed by atoms with Crippen LogP contribution in [-0.4, -0.2) is 38.5 Å². The molecule has 2 aromatic rings. The molecule has 6 heteroatoms. The molecule has 0 radical (unpaired) electrons. The van der Waals surface area contributed by atoms with Crippen molar-refractivity contribution in [2.45, 2.75) is 56.9 Å². The standard InChI is InChI=1S/C18H22N4O2/c23-16-11-14(12-22(16)15-5-3-1-2-4-6-15)18-20-17(21-24-18)13-7-9-19-10-8-13/h7-10,14-15H,1-6,11-12H2/t14-/m0/s1. The summed E-state index contributed by atoms with van der Waals surface area (Å²) < 4.78 is 5.45. The first-order valence-electron chi connectivity index (χ1n) is 8.85. The zero-order valence-electron chi connectivity index (χ0n) is 13.7. The predicted octanol–water partition coefficient (Wildman–Crippen LogP) is 3.17. The number of hydrogen-bond donors (Lipinski definition) is 0. The smallest absolute Gasteiger partial charge is 0.232 e. The molecule has 1 saturated heterocycles. The minimum absolute atomic E-state index is 0.0174. The highest BCUT2D eigenvalue weighted by Gasteiger charge is 2.37. The number of likely N-dealkylation sites (tertiary alicyclic amines) is 1. The van der Waals surface area contributed by atoms with Crippen LogP contribution in [0.25, 0.3) is 11.4 Å². The Morgan fingerprint density at radius 1 is 1.08 bits per heavy atom. The zero-order chi connectivity index (χ0) is 16.4. The van der Waals surface area contributed by atoms with E-state index in [2.05, 4.69) is 20.0 Å². The molecule has 1 saturated carbocycles. The fourth-order valence-corrected chi connectivity index (χ4v) is 3.84. The quantitative estimate of drug-likeness (QED) is 0.810. The molecule has 0 spiro atoms. The Bertz CT molecular complexity index is 692. The molecule has 2 aliphatic rings. The van der Waals surface area contributed by atoms with Gasteiger partial charge in [-0.3, -0.25) is 9.78 Å². The van der Waals surface area contributed by atoms with Crippen molar-refractivity contribution in [2.75, 3.05) is 6.54 Å². The van der Waals surface area contributed by atoms with E-state index in [1.54, 1.807) is 12.4 Å². The fraction of sp³-hybridized carbons (Fsp3) is 0.556. The van der Waals surface area contributed by atoms with Crippen LogP contribution in [0.4, 0.5) is 0 Å². The van der Waals surface area contributed by atoms with E-state index in [1.165, 1.54) is 25.7 Å². The van der Waals surface area contributed by atoms with Gasteiger partial charge in [0.15, 0.2) is 0 Å². The summed E-state index contributed by atoms with van der Waals surface area (Å²) in [5.74, 6) is 1.39. The summed E-state index contributed by atoms with van der Waals surface area (Å²) in [5, 5.41) is 4.06. The molecule has 6 nitrogen and oxygen atoms in total. The van der Waals surface area contributed by atoms with E-state index in [0.29, 0.717) is 30.7 Å². The van der Waals surface area contributed by atoms with E-state index >= 15 is 0 Å². The lowest BCUT2D eigenvalue weighted by molar-refractivity contribution is -0.129. The van der Waals surface area contributed by atoms with Crippen molar-refractivity contribution in [3.63, 3.8) is 0 Å². The zero-order valence-corrected chi connectivity index (χ0v) is 13.7. The van der Waals surface area contributed by atoms with Crippen LogP contribution in [0.3, 0.4) is 0 Å². The fourth-order valence-electron chi connectivity index (χ4n) is 3.84. The van der Waals surface area contributed by atoms with Crippen molar-refractivity contribution in [1.29, 1.82) is 0 Å². The maximum absolute atomic E-state index is 12.5. The van der Waals surface area contributed by atoms with E-state index in [1.807, 2.05) is 12.1 Å². The van der Waals surface area contributed by atoms with Gasteiger partial charge in [0.2, 0.25) is 17.6 Å². The van der Waals surface area contributed by atoms with Crippen molar-refractivity contribution >= 4 is 5.91 Å². The SMILES string of the molecule is O=C1C[C@H](c2nc(-c3ccncc3)no2)CN1C1CCCCCC1. The van der Waals surface area contributed by atoms with Crippen molar-refractivity contribution in [3.8, 4) is 11.4 Å². The van der Waals surface area contributed by atoms with Crippen molar-refractivity contribution < 1.29 is 9.32 Å². The average Bonchev–Trinajstić information content (AvgIpc) is 3.15. The lowest BCUT2D eigenvalue weighted by Gasteiger charge is -2.26. The molecular weight excluding hydrogens is 304 g/mol. The minimum atomic E-state index is 0.0174. The lowest BCUT2D eigenvalue weighted by atomic mass is 10.1. The van der Waals surface area contributed by atoms with Crippen molar-refractivity contribution in [2.24, 2.45) is 0 Å². The predicted molar refractivity (Wildman–Crippen MR) is 88.1 cm³/mol. The van der Waals surface area contributed by atoms with Crippen molar-refractivity contribution in [1.82, 2.24) is 20.0 Å². The number of amides is 1. The number of carbonyl (C=O) groups is 1. The number of nitrogens with zero attached hydrogens (tertiary/aromatic N) is 4. The second-order valence-electron chi connectivity index (χ2n) is 6.78. The van der Waals surface area contributed by atoms with Gasteiger partial charge in [0.05, 0.1) is 5.92 Å². The van der Waals surface area contributed by atoms with Gasteiger partial charge in [-0.1, -0.05) is 30.8 Å². The van der Waals surface area contributed by atoms with Gasteiger partial charge in [-0.2, -0.15) is 4.98 Å². The number of hydrogen-bond acceptors (Lipinski definition) is 5. The molecule has 0 aromatic carbocycles. The molecular formula is C18H22N4O2. The number of rotatable bonds is 3. The second-order valence-corrected chi connectivity index (χ2v) is 6.78. The first kappa shape index (κ1) is 15.3. The van der Waals surface area contributed by atoms with E-state index in [4.69, 9.17) is 4.52 Å². The van der Waals surface area contributed by atoms with Crippen molar-refractivity contribution in [3.05, 3.63) is 30.4 Å². The average molecular weight is 326 g/mol. The van der Waals surface area contributed by atoms with Gasteiger partial charge in [0.25, 0.3) is 0 Å². The van der Waals surface area contributed by atoms with Gasteiger partial charge in [-0.05, 0) is 25.0 Å². The highest BCUT2D eigenvalue weighted by Crippen LogP contribution is 2.33. The lowest BCUT2D eigenvalue weighted by Crippen LogP contribution is -2.36. The van der Waals surface area contributed by atoms with Crippen LogP contribution in [0, 0.1) is 0 Å². The molecule has 2 fully saturated rings. The highest BCUT2D eigenvalue weighted by atomic mass is 16.5. The topological polar surface area (TPSA) is 72.1 Å². The van der Waals surface area contributed by atoms with Crippen LogP contribution in [0.15, 0.2) is 29.0 Å². The first-order valence-corrected chi connectivity index (χ1v) is 8.85. The Labute approximate surface area is 141 Å². The monoisotopic (exact) mass is 326 g/mol. The Morgan fingerprint density at radius 2 is 1.83 bits per heavy atom. The Balaban J connectivity index is 1.48. The highest BCUT2D eigenvalue weighted by molar-refractivity contribution is 5.79. The molecule has 1 amide bonds. The minimum Gasteiger partial charge on any atom is -0.339 e. The summed E-state index contributed by atoms with van der Waals surface area (Å²) in [6.07, 6.45) is 11.2. The largest absolute Gasteiger partial charge is 0.339 e. The molecule has 4 rings (SSSR count). The van der Waals surface area contributed by atoms with E-state index in [0.717, 1.165) is 18.4 Å². The van der Waals surface area contributed by atoms with E-state index in [-0.39, 0.29) is 11.8 Å². The normalized spacial score (nSPS) is 22.8. The molecule has 0 bridgehead atoms. The molecule has 0 N–H and O–H groups in total. The van der Waals surface area contributed by atoms with Crippen LogP contribution >= 0.6 is 0 Å². The summed E-state index contributed by atoms with van der Waals surface area (Å²) in [5.41, 5.74) is 0.880. The molecule has 1 aliphatic heterocycles. The van der Waals surface area contributed by atoms with Gasteiger partial charge in [-0.25, -0.2) is 0 Å². The summed E-state index contributed by atoms with van der Waals surface area (Å²) in [7, 11) is 0. The third-order valence-corrected chi connectivity index (χ3v) is 5.15. The van der Waals surface area contributed by atoms with Gasteiger partial charge in [-0.15, -0.1) is 0 Å². The van der Waals surface area contributed by atoms with Crippen LogP contribution in [0.2, 0.25) is 0 Å². The molecule has 0 unspecified atom stereocenters. The van der Waals surface area contributed by atoms with E-state index in [9.17, 15) is 4.79 Å². The number of pyridine rings is 1. The molecule has 2 aromatic heterocycles. The Hall–Kier alpha value is -2.24. The van der Waals surface area contributed by atoms with Gasteiger partial charge in [0.1, 0.15) is 0 Å². The summed E-state index contributed by atoms with van der Waals surface area (Å²) >= 11 is 0. The Kier molecular flexibility index (Phi) is 4.28. The molecule has 24 heavy (non-hydrogen) atoms. The van der Waals surface area contributed by atoms with Crippen LogP contribution in [0.5, 0.6) is 0 Å². The third-order valence-electron chi connectivity index (χ3n) is 5.15. The van der Waals surface area contributed by atoms with E-state index < -0.39 is 0 Å². The number of aromatic nitrogens is 3. The van der Waals surface area contributed by atoms with Gasteiger partial charge in [0, 0.05) is 37.0 Å².